The van der Waals surface area contributed by atoms with E-state index >= 15 is 0 Å². The fraction of sp³-hybridized carbons (Fsp3) is 0.386. The van der Waals surface area contributed by atoms with Gasteiger partial charge in [-0.15, -0.1) is 0 Å². The van der Waals surface area contributed by atoms with Crippen molar-refractivity contribution in [1.82, 2.24) is 36.5 Å². The smallest absolute Gasteiger partial charge is 0.305 e. The molecule has 5 rings (SSSR count). The van der Waals surface area contributed by atoms with Crippen molar-refractivity contribution in [3.63, 3.8) is 0 Å². The van der Waals surface area contributed by atoms with Gasteiger partial charge in [0.2, 0.25) is 35.4 Å². The average molecular weight is 857 g/mol. The summed E-state index contributed by atoms with van der Waals surface area (Å²) < 4.78 is 0. The topological polar surface area (TPSA) is 285 Å². The minimum atomic E-state index is -1.68. The minimum absolute atomic E-state index is 0.0535. The van der Waals surface area contributed by atoms with E-state index in [4.69, 9.17) is 5.73 Å². The van der Waals surface area contributed by atoms with E-state index in [1.54, 1.807) is 30.3 Å². The Labute approximate surface area is 359 Å². The van der Waals surface area contributed by atoms with Crippen molar-refractivity contribution in [3.05, 3.63) is 102 Å². The number of unbranched alkanes of at least 4 members (excludes halogenated alkanes) is 1. The summed E-state index contributed by atoms with van der Waals surface area (Å²) >= 11 is 0. The number of aliphatic carboxylic acids is 1. The number of benzene rings is 3. The highest BCUT2D eigenvalue weighted by Crippen LogP contribution is 2.17. The van der Waals surface area contributed by atoms with Gasteiger partial charge in [-0.1, -0.05) is 60.7 Å². The maximum Gasteiger partial charge on any atom is 0.305 e. The summed E-state index contributed by atoms with van der Waals surface area (Å²) in [5.41, 5.74) is 9.22. The predicted molar refractivity (Wildman–Crippen MR) is 229 cm³/mol. The van der Waals surface area contributed by atoms with Crippen LogP contribution in [-0.4, -0.2) is 123 Å². The number of carboxylic acids is 1. The number of hydrogen-bond donors (Lipinski definition) is 10. The second-order valence-corrected chi connectivity index (χ2v) is 15.1. The van der Waals surface area contributed by atoms with Gasteiger partial charge in [0.25, 0.3) is 0 Å². The number of aromatic hydroxyl groups is 1. The van der Waals surface area contributed by atoms with Crippen LogP contribution in [-0.2, 0) is 46.4 Å². The van der Waals surface area contributed by atoms with Crippen LogP contribution in [0.3, 0.4) is 0 Å². The number of carbonyl (C=O) groups excluding carboxylic acids is 6. The van der Waals surface area contributed by atoms with Crippen LogP contribution < -0.4 is 32.3 Å². The molecular formula is C44H56N8O10. The highest BCUT2D eigenvalue weighted by molar-refractivity contribution is 5.98. The number of likely N-dealkylation sites (N-methyl/N-ethyl adjacent to an activating group) is 1. The number of aliphatic hydroxyl groups excluding tert-OH is 1. The maximum atomic E-state index is 14.1. The number of rotatable bonds is 11. The van der Waals surface area contributed by atoms with Gasteiger partial charge in [0.05, 0.1) is 19.1 Å². The third-order valence-corrected chi connectivity index (χ3v) is 10.3. The molecule has 1 aliphatic heterocycles. The van der Waals surface area contributed by atoms with Crippen molar-refractivity contribution >= 4 is 52.3 Å². The highest BCUT2D eigenvalue weighted by atomic mass is 16.4. The molecule has 332 valence electrons. The van der Waals surface area contributed by atoms with E-state index < -0.39 is 90.7 Å². The molecule has 1 aliphatic rings. The first-order valence-electron chi connectivity index (χ1n) is 20.3. The minimum Gasteiger partial charge on any atom is -0.508 e. The molecule has 6 amide bonds. The Balaban J connectivity index is 0.000000729. The molecule has 0 radical (unpaired) electrons. The number of hydrogen-bond acceptors (Lipinski definition) is 10. The van der Waals surface area contributed by atoms with E-state index in [9.17, 15) is 48.9 Å². The van der Waals surface area contributed by atoms with Crippen LogP contribution in [0.2, 0.25) is 0 Å². The molecule has 62 heavy (non-hydrogen) atoms. The monoisotopic (exact) mass is 856 g/mol. The normalized spacial score (nSPS) is 21.2. The average Bonchev–Trinajstić information content (AvgIpc) is 3.63. The van der Waals surface area contributed by atoms with Crippen molar-refractivity contribution in [1.29, 1.82) is 0 Å². The van der Waals surface area contributed by atoms with E-state index in [-0.39, 0.29) is 25.0 Å². The molecule has 6 atom stereocenters. The van der Waals surface area contributed by atoms with Gasteiger partial charge in [-0.25, -0.2) is 0 Å². The molecule has 6 unspecified atom stereocenters. The van der Waals surface area contributed by atoms with Gasteiger partial charge in [-0.2, -0.15) is 0 Å². The molecule has 0 bridgehead atoms. The second kappa shape index (κ2) is 23.3. The Morgan fingerprint density at radius 2 is 1.40 bits per heavy atom. The van der Waals surface area contributed by atoms with Gasteiger partial charge in [-0.05, 0) is 74.5 Å². The SMILES string of the molecule is CC(O)C1NC(=O)C(CCCCN)NC(=O)CNC(=O)C(Cc2ccc(O)cc2)NC(=O)C(CC(=O)O)N(C)C(=O)C(Cc2ccccc2)NC1=O.Cc1c[nH]c2ccccc12. The molecule has 1 aromatic heterocycles. The quantitative estimate of drug-likeness (QED) is 0.0930. The Morgan fingerprint density at radius 1 is 0.774 bits per heavy atom. The molecule has 1 saturated heterocycles. The van der Waals surface area contributed by atoms with Crippen LogP contribution in [0.25, 0.3) is 10.9 Å². The van der Waals surface area contributed by atoms with Crippen molar-refractivity contribution < 1.29 is 48.9 Å². The number of phenols is 1. The molecule has 3 aromatic carbocycles. The molecule has 1 fully saturated rings. The number of aliphatic hydroxyl groups is 1. The molecule has 4 aromatic rings. The Kier molecular flexibility index (Phi) is 18.0. The number of aromatic amines is 1. The van der Waals surface area contributed by atoms with E-state index in [1.165, 1.54) is 54.7 Å². The summed E-state index contributed by atoms with van der Waals surface area (Å²) in [6.07, 6.45) is 0.408. The summed E-state index contributed by atoms with van der Waals surface area (Å²) in [7, 11) is 1.18. The van der Waals surface area contributed by atoms with Gasteiger partial charge < -0.3 is 57.5 Å². The summed E-state index contributed by atoms with van der Waals surface area (Å²) in [5.74, 6) is -6.79. The first-order valence-corrected chi connectivity index (χ1v) is 20.3. The summed E-state index contributed by atoms with van der Waals surface area (Å²) in [4.78, 5) is 97.6. The zero-order valence-corrected chi connectivity index (χ0v) is 34.9. The van der Waals surface area contributed by atoms with E-state index in [2.05, 4.69) is 56.7 Å². The number of carbonyl (C=O) groups is 7. The van der Waals surface area contributed by atoms with E-state index in [1.807, 2.05) is 12.3 Å². The first kappa shape index (κ1) is 47.9. The fourth-order valence-corrected chi connectivity index (χ4v) is 6.80. The number of nitrogens with zero attached hydrogens (tertiary/aromatic N) is 1. The van der Waals surface area contributed by atoms with Crippen LogP contribution in [0.4, 0.5) is 0 Å². The van der Waals surface area contributed by atoms with Crippen LogP contribution in [0.1, 0.15) is 49.3 Å². The molecule has 11 N–H and O–H groups in total. The van der Waals surface area contributed by atoms with Gasteiger partial charge in [0.1, 0.15) is 36.0 Å². The van der Waals surface area contributed by atoms with Crippen molar-refractivity contribution in [2.24, 2.45) is 5.73 Å². The van der Waals surface area contributed by atoms with Crippen LogP contribution in [0.15, 0.2) is 85.1 Å². The number of aryl methyl sites for hydroxylation is 1. The van der Waals surface area contributed by atoms with Gasteiger partial charge in [-0.3, -0.25) is 33.6 Å². The third-order valence-electron chi connectivity index (χ3n) is 10.3. The molecular weight excluding hydrogens is 801 g/mol. The lowest BCUT2D eigenvalue weighted by Gasteiger charge is -2.32. The first-order chi connectivity index (χ1) is 29.6. The Bertz CT molecular complexity index is 2160. The van der Waals surface area contributed by atoms with Crippen molar-refractivity contribution in [2.75, 3.05) is 20.1 Å². The molecule has 0 aliphatic carbocycles. The zero-order valence-electron chi connectivity index (χ0n) is 34.9. The summed E-state index contributed by atoms with van der Waals surface area (Å²) in [6.45, 7) is 3.03. The van der Waals surface area contributed by atoms with Crippen LogP contribution in [0, 0.1) is 6.92 Å². The predicted octanol–water partition coefficient (Wildman–Crippen LogP) is 0.534. The molecule has 18 nitrogen and oxygen atoms in total. The number of phenolic OH excluding ortho intramolecular Hbond substituents is 1. The van der Waals surface area contributed by atoms with Crippen molar-refractivity contribution in [3.8, 4) is 5.75 Å². The lowest BCUT2D eigenvalue weighted by molar-refractivity contribution is -0.148. The Morgan fingerprint density at radius 3 is 2.05 bits per heavy atom. The number of carboxylic acid groups (broad SMARTS) is 1. The van der Waals surface area contributed by atoms with Gasteiger partial charge >= 0.3 is 5.97 Å². The number of para-hydroxylation sites is 1. The lowest BCUT2D eigenvalue weighted by atomic mass is 10.0. The third kappa shape index (κ3) is 14.2. The molecule has 0 saturated carbocycles. The van der Waals surface area contributed by atoms with Crippen LogP contribution in [0.5, 0.6) is 5.75 Å². The largest absolute Gasteiger partial charge is 0.508 e. The zero-order chi connectivity index (χ0) is 45.3. The number of fused-ring (bicyclic) bond motifs is 1. The van der Waals surface area contributed by atoms with Crippen LogP contribution >= 0.6 is 0 Å². The molecule has 2 heterocycles. The number of nitrogens with two attached hydrogens (primary N) is 1. The number of amides is 6. The fourth-order valence-electron chi connectivity index (χ4n) is 6.80. The number of nitrogens with one attached hydrogen (secondary N) is 6. The lowest BCUT2D eigenvalue weighted by Crippen LogP contribution is -2.62. The van der Waals surface area contributed by atoms with Gasteiger partial charge in [0.15, 0.2) is 0 Å². The molecule has 18 heteroatoms. The molecule has 0 spiro atoms. The van der Waals surface area contributed by atoms with Gasteiger partial charge in [0, 0.05) is 37.0 Å². The Hall–Kier alpha value is -6.79. The summed E-state index contributed by atoms with van der Waals surface area (Å²) in [5, 5.41) is 43.8. The second-order valence-electron chi connectivity index (χ2n) is 15.1. The van der Waals surface area contributed by atoms with E-state index in [0.29, 0.717) is 30.5 Å². The van der Waals surface area contributed by atoms with E-state index in [0.717, 1.165) is 4.90 Å². The maximum absolute atomic E-state index is 14.1. The summed E-state index contributed by atoms with van der Waals surface area (Å²) in [6, 6.07) is 15.2. The number of H-pyrrole nitrogens is 1. The highest BCUT2D eigenvalue weighted by Gasteiger charge is 2.38. The number of aromatic nitrogens is 1. The standard InChI is InChI=1S/C35H47N7O10.C9H9N/c1-20(43)30-34(51)40-26(17-21-8-4-3-5-9-21)35(52)42(2)27(18-29(46)47)33(50)39-25(16-22-11-13-23(44)14-12-22)31(48)37-19-28(45)38-24(32(49)41-30)10-6-7-15-36;1-7-6-10-9-5-3-2-4-8(7)9/h3-5,8-9,11-14,20,24-27,30,43-44H,6-7,10,15-19,36H2,1-2H3,(H,37,48)(H,38,45)(H,39,50)(H,40,51)(H,41,49)(H,46,47);2-6,10H,1H3. The van der Waals surface area contributed by atoms with Crippen molar-refractivity contribution in [2.45, 2.75) is 88.7 Å².